The molecule has 1 fully saturated rings. The zero-order valence-electron chi connectivity index (χ0n) is 21.2. The van der Waals surface area contributed by atoms with Crippen molar-refractivity contribution >= 4 is 29.7 Å². The van der Waals surface area contributed by atoms with Crippen LogP contribution in [0.2, 0.25) is 0 Å². The minimum atomic E-state index is -1.02. The topological polar surface area (TPSA) is 223 Å². The number of carbonyl (C=O) groups is 5. The number of carbonyl (C=O) groups excluding carboxylic acids is 2. The molecule has 212 valence electrons. The van der Waals surface area contributed by atoms with Crippen LogP contribution in [0.4, 0.5) is 0 Å². The fraction of sp³-hybridized carbons (Fsp3) is 0.773. The summed E-state index contributed by atoms with van der Waals surface area (Å²) in [5.74, 6) is -3.83. The molecule has 0 aromatic heterocycles. The van der Waals surface area contributed by atoms with Gasteiger partial charge < -0.3 is 32.1 Å². The van der Waals surface area contributed by atoms with Crippen molar-refractivity contribution in [1.82, 2.24) is 24.9 Å². The number of nitrogens with two attached hydrogens (primary N) is 2. The molecule has 1 rings (SSSR count). The van der Waals surface area contributed by atoms with Crippen LogP contribution in [0, 0.1) is 0 Å². The van der Waals surface area contributed by atoms with Crippen LogP contribution in [0.15, 0.2) is 0 Å². The zero-order chi connectivity index (χ0) is 27.8. The molecule has 37 heavy (non-hydrogen) atoms. The van der Waals surface area contributed by atoms with E-state index >= 15 is 0 Å². The Morgan fingerprint density at radius 2 is 1.00 bits per heavy atom. The Kier molecular flexibility index (Phi) is 15.3. The molecule has 15 heteroatoms. The molecule has 0 aromatic rings. The van der Waals surface area contributed by atoms with Gasteiger partial charge in [0, 0.05) is 58.9 Å². The van der Waals surface area contributed by atoms with Gasteiger partial charge in [-0.15, -0.1) is 0 Å². The first-order valence-electron chi connectivity index (χ1n) is 12.3. The highest BCUT2D eigenvalue weighted by Gasteiger charge is 2.21. The first-order valence-corrected chi connectivity index (χ1v) is 12.3. The maximum Gasteiger partial charge on any atom is 0.317 e. The van der Waals surface area contributed by atoms with Gasteiger partial charge in [0.15, 0.2) is 0 Å². The highest BCUT2D eigenvalue weighted by molar-refractivity contribution is 5.79. The van der Waals surface area contributed by atoms with Crippen LogP contribution in [-0.2, 0) is 24.0 Å². The van der Waals surface area contributed by atoms with Crippen LogP contribution < -0.4 is 16.8 Å². The van der Waals surface area contributed by atoms with Gasteiger partial charge in [-0.2, -0.15) is 0 Å². The first kappa shape index (κ1) is 32.2. The van der Waals surface area contributed by atoms with Crippen molar-refractivity contribution in [2.45, 2.75) is 25.3 Å². The van der Waals surface area contributed by atoms with E-state index in [1.807, 2.05) is 4.90 Å². The minimum Gasteiger partial charge on any atom is -0.480 e. The van der Waals surface area contributed by atoms with Gasteiger partial charge in [0.2, 0.25) is 11.8 Å². The van der Waals surface area contributed by atoms with Gasteiger partial charge >= 0.3 is 17.9 Å². The van der Waals surface area contributed by atoms with Crippen molar-refractivity contribution < 1.29 is 39.3 Å². The summed E-state index contributed by atoms with van der Waals surface area (Å²) in [6, 6.07) is -0.711. The van der Waals surface area contributed by atoms with Crippen LogP contribution in [0.1, 0.15) is 19.3 Å². The first-order chi connectivity index (χ1) is 17.5. The number of primary amides is 1. The highest BCUT2D eigenvalue weighted by atomic mass is 16.4. The third kappa shape index (κ3) is 15.8. The van der Waals surface area contributed by atoms with Gasteiger partial charge in [-0.3, -0.25) is 43.6 Å². The SMILES string of the molecule is NC(=O)C(N)CCCCNC(=O)CN1CCN(CC(=O)O)CCN(CC(=O)O)CCN(CC(=O)O)CC1. The lowest BCUT2D eigenvalue weighted by Gasteiger charge is -2.32. The summed E-state index contributed by atoms with van der Waals surface area (Å²) in [7, 11) is 0. The fourth-order valence-electron chi connectivity index (χ4n) is 3.90. The lowest BCUT2D eigenvalue weighted by Crippen LogP contribution is -2.49. The van der Waals surface area contributed by atoms with Crippen molar-refractivity contribution in [3.05, 3.63) is 0 Å². The second-order valence-corrected chi connectivity index (χ2v) is 9.14. The average Bonchev–Trinajstić information content (AvgIpc) is 2.79. The van der Waals surface area contributed by atoms with E-state index in [9.17, 15) is 39.3 Å². The van der Waals surface area contributed by atoms with Crippen LogP contribution in [0.25, 0.3) is 0 Å². The molecule has 1 atom stereocenters. The molecule has 1 heterocycles. The van der Waals surface area contributed by atoms with Gasteiger partial charge in [-0.25, -0.2) is 0 Å². The quantitative estimate of drug-likeness (QED) is 0.120. The molecule has 0 spiro atoms. The summed E-state index contributed by atoms with van der Waals surface area (Å²) >= 11 is 0. The lowest BCUT2D eigenvalue weighted by atomic mass is 10.1. The number of nitrogens with one attached hydrogen (secondary N) is 1. The van der Waals surface area contributed by atoms with Gasteiger partial charge in [-0.1, -0.05) is 0 Å². The van der Waals surface area contributed by atoms with E-state index in [-0.39, 0.29) is 32.1 Å². The molecule has 1 unspecified atom stereocenters. The number of rotatable bonds is 14. The Morgan fingerprint density at radius 1 is 0.649 bits per heavy atom. The van der Waals surface area contributed by atoms with E-state index in [1.54, 1.807) is 14.7 Å². The Bertz CT molecular complexity index is 737. The minimum absolute atomic E-state index is 0.0494. The van der Waals surface area contributed by atoms with Crippen molar-refractivity contribution in [1.29, 1.82) is 0 Å². The number of amides is 2. The third-order valence-electron chi connectivity index (χ3n) is 6.00. The maximum atomic E-state index is 12.5. The molecular weight excluding hydrogens is 490 g/mol. The predicted octanol–water partition coefficient (Wildman–Crippen LogP) is -3.44. The van der Waals surface area contributed by atoms with Crippen LogP contribution in [-0.4, -0.2) is 156 Å². The number of aliphatic carboxylic acids is 3. The highest BCUT2D eigenvalue weighted by Crippen LogP contribution is 2.02. The molecule has 0 bridgehead atoms. The van der Waals surface area contributed by atoms with Crippen LogP contribution in [0.3, 0.4) is 0 Å². The summed E-state index contributed by atoms with van der Waals surface area (Å²) in [5, 5.41) is 30.6. The van der Waals surface area contributed by atoms with Crippen molar-refractivity contribution in [3.8, 4) is 0 Å². The monoisotopic (exact) mass is 531 g/mol. The second-order valence-electron chi connectivity index (χ2n) is 9.14. The largest absolute Gasteiger partial charge is 0.480 e. The molecule has 0 aliphatic carbocycles. The summed E-state index contributed by atoms with van der Waals surface area (Å²) < 4.78 is 0. The number of carboxylic acid groups (broad SMARTS) is 3. The van der Waals surface area contributed by atoms with Gasteiger partial charge in [0.05, 0.1) is 32.2 Å². The fourth-order valence-corrected chi connectivity index (χ4v) is 3.90. The molecule has 0 radical (unpaired) electrons. The zero-order valence-corrected chi connectivity index (χ0v) is 21.2. The molecule has 1 saturated heterocycles. The van der Waals surface area contributed by atoms with E-state index in [0.717, 1.165) is 0 Å². The number of hydrogen-bond donors (Lipinski definition) is 6. The second kappa shape index (κ2) is 17.6. The molecule has 2 amide bonds. The van der Waals surface area contributed by atoms with Gasteiger partial charge in [-0.05, 0) is 19.3 Å². The molecule has 1 aliphatic heterocycles. The number of unbranched alkanes of at least 4 members (excludes halogenated alkanes) is 1. The Hall–Kier alpha value is -2.85. The third-order valence-corrected chi connectivity index (χ3v) is 6.00. The summed E-state index contributed by atoms with van der Waals surface area (Å²) in [5.41, 5.74) is 10.7. The summed E-state index contributed by atoms with van der Waals surface area (Å²) in [6.07, 6.45) is 1.68. The predicted molar refractivity (Wildman–Crippen MR) is 133 cm³/mol. The lowest BCUT2D eigenvalue weighted by molar-refractivity contribution is -0.140. The van der Waals surface area contributed by atoms with E-state index in [1.165, 1.54) is 0 Å². The molecule has 0 saturated carbocycles. The molecular formula is C22H41N7O8. The number of carboxylic acids is 3. The normalized spacial score (nSPS) is 18.3. The summed E-state index contributed by atoms with van der Waals surface area (Å²) in [4.78, 5) is 64.3. The van der Waals surface area contributed by atoms with Crippen molar-refractivity contribution in [3.63, 3.8) is 0 Å². The molecule has 8 N–H and O–H groups in total. The number of nitrogens with zero attached hydrogens (tertiary/aromatic N) is 4. The average molecular weight is 532 g/mol. The summed E-state index contributed by atoms with van der Waals surface area (Å²) in [6.45, 7) is 2.42. The van der Waals surface area contributed by atoms with Crippen LogP contribution >= 0.6 is 0 Å². The smallest absolute Gasteiger partial charge is 0.317 e. The van der Waals surface area contributed by atoms with Crippen molar-refractivity contribution in [2.75, 3.05) is 85.1 Å². The van der Waals surface area contributed by atoms with Crippen LogP contribution in [0.5, 0.6) is 0 Å². The number of hydrogen-bond acceptors (Lipinski definition) is 10. The molecule has 1 aliphatic rings. The standard InChI is InChI=1S/C22H41N7O8/c23-17(22(24)37)3-1-2-4-25-18(30)13-26-5-7-27(14-19(31)32)9-11-29(16-21(35)36)12-10-28(8-6-26)15-20(33)34/h17H,1-16,23H2,(H2,24,37)(H,25,30)(H,31,32)(H,33,34)(H,35,36). The van der Waals surface area contributed by atoms with E-state index in [2.05, 4.69) is 5.32 Å². The molecule has 15 nitrogen and oxygen atoms in total. The Labute approximate surface area is 216 Å². The van der Waals surface area contributed by atoms with Gasteiger partial charge in [0.25, 0.3) is 0 Å². The van der Waals surface area contributed by atoms with Crippen molar-refractivity contribution in [2.24, 2.45) is 11.5 Å². The molecule has 0 aromatic carbocycles. The maximum absolute atomic E-state index is 12.5. The Balaban J connectivity index is 2.77. The Morgan fingerprint density at radius 3 is 1.32 bits per heavy atom. The van der Waals surface area contributed by atoms with E-state index in [0.29, 0.717) is 78.2 Å². The van der Waals surface area contributed by atoms with E-state index < -0.39 is 29.9 Å². The van der Waals surface area contributed by atoms with Gasteiger partial charge in [0.1, 0.15) is 0 Å². The van der Waals surface area contributed by atoms with E-state index in [4.69, 9.17) is 11.5 Å².